The molecule has 3 N–H and O–H groups in total. The van der Waals surface area contributed by atoms with Gasteiger partial charge in [-0.15, -0.1) is 5.11 Å². The highest BCUT2D eigenvalue weighted by molar-refractivity contribution is 6.28. The van der Waals surface area contributed by atoms with Crippen molar-refractivity contribution in [3.8, 4) is 0 Å². The Hall–Kier alpha value is -4.89. The van der Waals surface area contributed by atoms with Gasteiger partial charge in [0.15, 0.2) is 0 Å². The maximum atomic E-state index is 12.0. The number of aromatic nitrogens is 3. The van der Waals surface area contributed by atoms with Gasteiger partial charge in [-0.05, 0) is 96.7 Å². The van der Waals surface area contributed by atoms with Gasteiger partial charge in [0.05, 0.1) is 11.4 Å². The molecular formula is C30H27ClN8O. The van der Waals surface area contributed by atoms with Gasteiger partial charge in [0, 0.05) is 18.3 Å². The third kappa shape index (κ3) is 6.39. The number of azo groups is 1. The minimum atomic E-state index is -0.237. The Morgan fingerprint density at radius 1 is 0.750 bits per heavy atom. The minimum Gasteiger partial charge on any atom is -0.324 e. The van der Waals surface area contributed by atoms with E-state index in [1.54, 1.807) is 18.2 Å². The van der Waals surface area contributed by atoms with Gasteiger partial charge in [0.2, 0.25) is 23.1 Å². The zero-order valence-corrected chi connectivity index (χ0v) is 23.2. The maximum Gasteiger partial charge on any atom is 0.233 e. The Kier molecular flexibility index (Phi) is 7.65. The molecule has 5 aromatic rings. The average Bonchev–Trinajstić information content (AvgIpc) is 2.90. The first kappa shape index (κ1) is 26.7. The van der Waals surface area contributed by atoms with E-state index in [0.29, 0.717) is 23.0 Å². The van der Waals surface area contributed by atoms with E-state index in [0.717, 1.165) is 27.9 Å². The van der Waals surface area contributed by atoms with Crippen LogP contribution in [0.15, 0.2) is 83.0 Å². The van der Waals surface area contributed by atoms with Crippen molar-refractivity contribution >= 4 is 68.6 Å². The first-order valence-corrected chi connectivity index (χ1v) is 13.0. The number of nitrogens with zero attached hydrogens (tertiary/aromatic N) is 5. The third-order valence-corrected chi connectivity index (χ3v) is 6.33. The zero-order chi connectivity index (χ0) is 28.2. The fourth-order valence-electron chi connectivity index (χ4n) is 4.22. The highest BCUT2D eigenvalue weighted by Crippen LogP contribution is 2.33. The predicted octanol–water partition coefficient (Wildman–Crippen LogP) is 8.46. The fourth-order valence-corrected chi connectivity index (χ4v) is 4.38. The van der Waals surface area contributed by atoms with Crippen LogP contribution >= 0.6 is 11.6 Å². The largest absolute Gasteiger partial charge is 0.324 e. The van der Waals surface area contributed by atoms with Crippen molar-refractivity contribution in [1.29, 1.82) is 0 Å². The van der Waals surface area contributed by atoms with Crippen molar-refractivity contribution in [2.75, 3.05) is 16.0 Å². The van der Waals surface area contributed by atoms with Gasteiger partial charge < -0.3 is 16.0 Å². The number of aryl methyl sites for hydroxylation is 3. The number of halogens is 1. The van der Waals surface area contributed by atoms with Crippen molar-refractivity contribution in [3.05, 3.63) is 94.8 Å². The van der Waals surface area contributed by atoms with Crippen molar-refractivity contribution < 1.29 is 4.79 Å². The van der Waals surface area contributed by atoms with Crippen molar-refractivity contribution in [1.82, 2.24) is 15.0 Å². The van der Waals surface area contributed by atoms with Crippen molar-refractivity contribution in [3.63, 3.8) is 0 Å². The second-order valence-corrected chi connectivity index (χ2v) is 9.75. The average molecular weight is 551 g/mol. The third-order valence-electron chi connectivity index (χ3n) is 6.16. The molecule has 0 spiro atoms. The van der Waals surface area contributed by atoms with Crippen LogP contribution in [-0.4, -0.2) is 20.9 Å². The number of carbonyl (C=O) groups excluding carboxylic acids is 1. The van der Waals surface area contributed by atoms with E-state index in [2.05, 4.69) is 67.1 Å². The summed E-state index contributed by atoms with van der Waals surface area (Å²) >= 11 is 6.16. The molecule has 1 heterocycles. The summed E-state index contributed by atoms with van der Waals surface area (Å²) < 4.78 is 0. The van der Waals surface area contributed by atoms with Gasteiger partial charge in [-0.2, -0.15) is 20.1 Å². The van der Waals surface area contributed by atoms with Crippen LogP contribution in [0.2, 0.25) is 5.28 Å². The summed E-state index contributed by atoms with van der Waals surface area (Å²) in [5, 5.41) is 20.3. The van der Waals surface area contributed by atoms with Crippen LogP contribution in [0.3, 0.4) is 0 Å². The lowest BCUT2D eigenvalue weighted by Crippen LogP contribution is -2.07. The molecule has 1 aromatic heterocycles. The number of nitrogens with one attached hydrogen (secondary N) is 3. The molecule has 1 amide bonds. The number of benzene rings is 4. The topological polar surface area (TPSA) is 117 Å². The molecule has 0 unspecified atom stereocenters. The quantitative estimate of drug-likeness (QED) is 0.175. The molecule has 0 saturated heterocycles. The maximum absolute atomic E-state index is 12.0. The highest BCUT2D eigenvalue weighted by Gasteiger charge is 2.10. The second-order valence-electron chi connectivity index (χ2n) is 9.41. The Bertz CT molecular complexity index is 1750. The summed E-state index contributed by atoms with van der Waals surface area (Å²) in [6.45, 7) is 7.58. The molecule has 40 heavy (non-hydrogen) atoms. The number of fused-ring (bicyclic) bond motifs is 1. The van der Waals surface area contributed by atoms with Gasteiger partial charge in [0.25, 0.3) is 0 Å². The highest BCUT2D eigenvalue weighted by atomic mass is 35.5. The predicted molar refractivity (Wildman–Crippen MR) is 161 cm³/mol. The van der Waals surface area contributed by atoms with Gasteiger partial charge in [-0.1, -0.05) is 35.9 Å². The van der Waals surface area contributed by atoms with Crippen molar-refractivity contribution in [2.45, 2.75) is 27.7 Å². The zero-order valence-electron chi connectivity index (χ0n) is 22.5. The standard InChI is InChI=1S/C30H27ClN8O/c1-17-8-10-21(11-9-17)33-29-35-28(31)36-30(37-29)34-22-12-13-26(27(16-22)32-20(4)40)39-38-23-14-19(3)24-7-5-6-18(2)25(24)15-23/h5-16H,1-4H3,(H,32,40)(H2,33,34,35,36,37). The lowest BCUT2D eigenvalue weighted by atomic mass is 10.0. The van der Waals surface area contributed by atoms with Crippen LogP contribution in [-0.2, 0) is 4.79 Å². The lowest BCUT2D eigenvalue weighted by molar-refractivity contribution is -0.114. The van der Waals surface area contributed by atoms with Gasteiger partial charge in [0.1, 0.15) is 5.69 Å². The molecule has 0 radical (unpaired) electrons. The van der Waals surface area contributed by atoms with Crippen LogP contribution in [0.5, 0.6) is 0 Å². The number of hydrogen-bond donors (Lipinski definition) is 3. The van der Waals surface area contributed by atoms with Crippen LogP contribution in [0, 0.1) is 20.8 Å². The van der Waals surface area contributed by atoms with E-state index in [-0.39, 0.29) is 17.1 Å². The normalized spacial score (nSPS) is 11.1. The molecular weight excluding hydrogens is 524 g/mol. The second kappa shape index (κ2) is 11.5. The summed E-state index contributed by atoms with van der Waals surface area (Å²) in [5.74, 6) is 0.290. The van der Waals surface area contributed by atoms with Crippen LogP contribution in [0.25, 0.3) is 10.8 Å². The number of amides is 1. The van der Waals surface area contributed by atoms with Gasteiger partial charge in [-0.25, -0.2) is 0 Å². The number of carbonyl (C=O) groups is 1. The Morgan fingerprint density at radius 2 is 1.45 bits per heavy atom. The van der Waals surface area contributed by atoms with E-state index < -0.39 is 0 Å². The summed E-state index contributed by atoms with van der Waals surface area (Å²) in [4.78, 5) is 24.7. The Morgan fingerprint density at radius 3 is 2.17 bits per heavy atom. The molecule has 0 bridgehead atoms. The monoisotopic (exact) mass is 550 g/mol. The van der Waals surface area contributed by atoms with E-state index in [1.807, 2.05) is 49.4 Å². The van der Waals surface area contributed by atoms with Crippen LogP contribution in [0.4, 0.5) is 40.3 Å². The van der Waals surface area contributed by atoms with Crippen LogP contribution in [0.1, 0.15) is 23.6 Å². The molecule has 0 aliphatic rings. The van der Waals surface area contributed by atoms with E-state index >= 15 is 0 Å². The molecule has 0 fully saturated rings. The summed E-state index contributed by atoms with van der Waals surface area (Å²) in [7, 11) is 0. The molecule has 5 rings (SSSR count). The van der Waals surface area contributed by atoms with E-state index in [1.165, 1.54) is 17.9 Å². The molecule has 0 aliphatic carbocycles. The molecule has 10 heteroatoms. The molecule has 0 atom stereocenters. The van der Waals surface area contributed by atoms with Crippen LogP contribution < -0.4 is 16.0 Å². The van der Waals surface area contributed by atoms with Gasteiger partial charge >= 0.3 is 0 Å². The first-order valence-electron chi connectivity index (χ1n) is 12.6. The molecule has 0 saturated carbocycles. The number of rotatable bonds is 7. The Labute approximate surface area is 236 Å². The summed E-state index contributed by atoms with van der Waals surface area (Å²) in [5.41, 5.74) is 6.56. The summed E-state index contributed by atoms with van der Waals surface area (Å²) in [6, 6.07) is 23.3. The smallest absolute Gasteiger partial charge is 0.233 e. The fraction of sp³-hybridized carbons (Fsp3) is 0.133. The van der Waals surface area contributed by atoms with Gasteiger partial charge in [-0.3, -0.25) is 4.79 Å². The van der Waals surface area contributed by atoms with E-state index in [9.17, 15) is 4.79 Å². The molecule has 9 nitrogen and oxygen atoms in total. The SMILES string of the molecule is CC(=O)Nc1cc(Nc2nc(Cl)nc(Nc3ccc(C)cc3)n2)ccc1N=Nc1cc(C)c2cccc(C)c2c1. The Balaban J connectivity index is 1.41. The molecule has 200 valence electrons. The molecule has 0 aliphatic heterocycles. The number of anilines is 5. The summed E-state index contributed by atoms with van der Waals surface area (Å²) in [6.07, 6.45) is 0. The minimum absolute atomic E-state index is 0.0283. The first-order chi connectivity index (χ1) is 19.2. The lowest BCUT2D eigenvalue weighted by Gasteiger charge is -2.11. The number of hydrogen-bond acceptors (Lipinski definition) is 8. The van der Waals surface area contributed by atoms with E-state index in [4.69, 9.17) is 11.6 Å². The van der Waals surface area contributed by atoms with Crippen molar-refractivity contribution in [2.24, 2.45) is 10.2 Å². The molecule has 4 aromatic carbocycles.